The van der Waals surface area contributed by atoms with Crippen LogP contribution in [0.3, 0.4) is 0 Å². The van der Waals surface area contributed by atoms with Gasteiger partial charge in [0.1, 0.15) is 0 Å². The summed E-state index contributed by atoms with van der Waals surface area (Å²) in [4.78, 5) is 19.8. The molecule has 2 aromatic carbocycles. The van der Waals surface area contributed by atoms with E-state index < -0.39 is 0 Å². The molecule has 1 aromatic heterocycles. The molecule has 0 unspecified atom stereocenters. The largest absolute Gasteiger partial charge is 0.370 e. The second-order valence-electron chi connectivity index (χ2n) is 6.22. The van der Waals surface area contributed by atoms with Gasteiger partial charge in [0.15, 0.2) is 5.43 Å². The maximum absolute atomic E-state index is 13.0. The minimum Gasteiger partial charge on any atom is -0.370 e. The summed E-state index contributed by atoms with van der Waals surface area (Å²) in [6.07, 6.45) is 5.47. The van der Waals surface area contributed by atoms with E-state index in [9.17, 15) is 10.1 Å². The van der Waals surface area contributed by atoms with Crippen molar-refractivity contribution < 1.29 is 0 Å². The Hall–Kier alpha value is -2.93. The van der Waals surface area contributed by atoms with Crippen LogP contribution in [-0.4, -0.2) is 18.1 Å². The minimum atomic E-state index is -0.0616. The second kappa shape index (κ2) is 5.93. The average molecular weight is 315 g/mol. The molecule has 4 nitrogen and oxygen atoms in total. The molecule has 4 rings (SSSR count). The van der Waals surface area contributed by atoms with E-state index in [-0.39, 0.29) is 5.43 Å². The molecule has 0 spiro atoms. The van der Waals surface area contributed by atoms with Crippen molar-refractivity contribution in [3.63, 3.8) is 0 Å². The number of nitriles is 1. The predicted octanol–water partition coefficient (Wildman–Crippen LogP) is 3.61. The maximum Gasteiger partial charge on any atom is 0.195 e. The fourth-order valence-corrected chi connectivity index (χ4v) is 3.45. The molecule has 1 aliphatic rings. The second-order valence-corrected chi connectivity index (χ2v) is 6.22. The molecule has 0 radical (unpaired) electrons. The Morgan fingerprint density at radius 3 is 2.62 bits per heavy atom. The van der Waals surface area contributed by atoms with Crippen molar-refractivity contribution in [1.82, 2.24) is 4.98 Å². The zero-order valence-corrected chi connectivity index (χ0v) is 13.3. The van der Waals surface area contributed by atoms with Gasteiger partial charge in [-0.15, -0.1) is 0 Å². The molecule has 4 heteroatoms. The first-order chi connectivity index (χ1) is 11.8. The van der Waals surface area contributed by atoms with Crippen LogP contribution < -0.4 is 10.3 Å². The first kappa shape index (κ1) is 14.6. The SMILES string of the molecule is N#Cc1cccc2c(=O)c3cc(N4CCCCC4)cnc3ccc12. The number of fused-ring (bicyclic) bond motifs is 2. The quantitative estimate of drug-likeness (QED) is 0.688. The number of hydrogen-bond acceptors (Lipinski definition) is 4. The van der Waals surface area contributed by atoms with E-state index in [4.69, 9.17) is 0 Å². The number of aromatic nitrogens is 1. The Morgan fingerprint density at radius 2 is 1.83 bits per heavy atom. The lowest BCUT2D eigenvalue weighted by molar-refractivity contribution is 0.577. The summed E-state index contributed by atoms with van der Waals surface area (Å²) in [5.41, 5.74) is 2.13. The zero-order valence-electron chi connectivity index (χ0n) is 13.3. The Labute approximate surface area is 140 Å². The third kappa shape index (κ3) is 2.39. The highest BCUT2D eigenvalue weighted by atomic mass is 16.1. The standard InChI is InChI=1S/C20H17N3O/c21-12-14-5-4-6-17-16(14)7-8-19-18(20(17)24)11-15(13-22-19)23-9-2-1-3-10-23/h4-8,11,13H,1-3,9-10H2. The minimum absolute atomic E-state index is 0.0616. The van der Waals surface area contributed by atoms with E-state index in [1.807, 2.05) is 24.4 Å². The summed E-state index contributed by atoms with van der Waals surface area (Å²) in [6.45, 7) is 2.03. The fourth-order valence-electron chi connectivity index (χ4n) is 3.45. The summed E-state index contributed by atoms with van der Waals surface area (Å²) in [6, 6.07) is 13.1. The molecule has 3 aromatic rings. The number of nitrogens with zero attached hydrogens (tertiary/aromatic N) is 3. The molecule has 1 aliphatic heterocycles. The van der Waals surface area contributed by atoms with Crippen molar-refractivity contribution in [2.45, 2.75) is 19.3 Å². The molecule has 0 amide bonds. The van der Waals surface area contributed by atoms with Gasteiger partial charge < -0.3 is 4.90 Å². The van der Waals surface area contributed by atoms with E-state index in [0.717, 1.165) is 18.8 Å². The lowest BCUT2D eigenvalue weighted by atomic mass is 10.1. The molecular weight excluding hydrogens is 298 g/mol. The van der Waals surface area contributed by atoms with Crippen LogP contribution in [0.25, 0.3) is 21.7 Å². The van der Waals surface area contributed by atoms with Gasteiger partial charge in [-0.2, -0.15) is 5.26 Å². The third-order valence-electron chi connectivity index (χ3n) is 4.75. The van der Waals surface area contributed by atoms with Crippen LogP contribution in [0.15, 0.2) is 47.4 Å². The number of pyridine rings is 1. The van der Waals surface area contributed by atoms with E-state index in [1.165, 1.54) is 19.3 Å². The molecule has 1 fully saturated rings. The van der Waals surface area contributed by atoms with E-state index in [1.54, 1.807) is 18.2 Å². The predicted molar refractivity (Wildman–Crippen MR) is 96.3 cm³/mol. The number of anilines is 1. The number of hydrogen-bond donors (Lipinski definition) is 0. The van der Waals surface area contributed by atoms with Crippen molar-refractivity contribution in [3.05, 3.63) is 58.4 Å². The van der Waals surface area contributed by atoms with E-state index in [0.29, 0.717) is 27.2 Å². The van der Waals surface area contributed by atoms with Crippen LogP contribution >= 0.6 is 0 Å². The molecule has 0 aliphatic carbocycles. The average Bonchev–Trinajstić information content (AvgIpc) is 2.79. The van der Waals surface area contributed by atoms with Crippen molar-refractivity contribution in [2.24, 2.45) is 0 Å². The van der Waals surface area contributed by atoms with Gasteiger partial charge in [0.05, 0.1) is 34.4 Å². The smallest absolute Gasteiger partial charge is 0.195 e. The highest BCUT2D eigenvalue weighted by Crippen LogP contribution is 2.23. The first-order valence-corrected chi connectivity index (χ1v) is 8.29. The van der Waals surface area contributed by atoms with Gasteiger partial charge in [-0.25, -0.2) is 0 Å². The Morgan fingerprint density at radius 1 is 1.00 bits per heavy atom. The van der Waals surface area contributed by atoms with Gasteiger partial charge in [-0.1, -0.05) is 18.2 Å². The molecule has 0 N–H and O–H groups in total. The summed E-state index contributed by atoms with van der Waals surface area (Å²) >= 11 is 0. The van der Waals surface area contributed by atoms with Gasteiger partial charge in [-0.05, 0) is 37.5 Å². The van der Waals surface area contributed by atoms with Gasteiger partial charge in [0, 0.05) is 23.9 Å². The maximum atomic E-state index is 13.0. The topological polar surface area (TPSA) is 57.0 Å². The van der Waals surface area contributed by atoms with Crippen LogP contribution in [0.1, 0.15) is 24.8 Å². The summed E-state index contributed by atoms with van der Waals surface area (Å²) in [7, 11) is 0. The monoisotopic (exact) mass is 315 g/mol. The first-order valence-electron chi connectivity index (χ1n) is 8.29. The summed E-state index contributed by atoms with van der Waals surface area (Å²) in [5.74, 6) is 0. The number of benzene rings is 1. The zero-order chi connectivity index (χ0) is 16.5. The lowest BCUT2D eigenvalue weighted by Gasteiger charge is -2.28. The highest BCUT2D eigenvalue weighted by Gasteiger charge is 2.13. The third-order valence-corrected chi connectivity index (χ3v) is 4.75. The van der Waals surface area contributed by atoms with E-state index >= 15 is 0 Å². The van der Waals surface area contributed by atoms with Crippen LogP contribution in [0, 0.1) is 11.3 Å². The molecule has 2 heterocycles. The fraction of sp³-hybridized carbons (Fsp3) is 0.250. The van der Waals surface area contributed by atoms with Crippen molar-refractivity contribution in [2.75, 3.05) is 18.0 Å². The van der Waals surface area contributed by atoms with Gasteiger partial charge in [-0.3, -0.25) is 9.78 Å². The van der Waals surface area contributed by atoms with Crippen molar-refractivity contribution in [1.29, 1.82) is 5.26 Å². The molecule has 24 heavy (non-hydrogen) atoms. The number of piperidine rings is 1. The normalized spacial score (nSPS) is 14.7. The van der Waals surface area contributed by atoms with Crippen molar-refractivity contribution >= 4 is 27.4 Å². The van der Waals surface area contributed by atoms with E-state index in [2.05, 4.69) is 16.0 Å². The van der Waals surface area contributed by atoms with Crippen LogP contribution in [0.2, 0.25) is 0 Å². The Bertz CT molecular complexity index is 1030. The molecule has 0 atom stereocenters. The van der Waals surface area contributed by atoms with Crippen LogP contribution in [0.5, 0.6) is 0 Å². The molecule has 0 saturated carbocycles. The summed E-state index contributed by atoms with van der Waals surface area (Å²) < 4.78 is 0. The van der Waals surface area contributed by atoms with Gasteiger partial charge >= 0.3 is 0 Å². The molecule has 118 valence electrons. The summed E-state index contributed by atoms with van der Waals surface area (Å²) in [5, 5.41) is 11.2. The Balaban J connectivity index is 1.99. The Kier molecular flexibility index (Phi) is 3.62. The van der Waals surface area contributed by atoms with Gasteiger partial charge in [0.2, 0.25) is 0 Å². The molecule has 0 bridgehead atoms. The highest BCUT2D eigenvalue weighted by molar-refractivity contribution is 5.95. The van der Waals surface area contributed by atoms with Crippen LogP contribution in [0.4, 0.5) is 5.69 Å². The lowest BCUT2D eigenvalue weighted by Crippen LogP contribution is -2.29. The number of rotatable bonds is 1. The molecule has 1 saturated heterocycles. The van der Waals surface area contributed by atoms with Gasteiger partial charge in [0.25, 0.3) is 0 Å². The van der Waals surface area contributed by atoms with Crippen molar-refractivity contribution in [3.8, 4) is 6.07 Å². The molecular formula is C20H17N3O. The van der Waals surface area contributed by atoms with Crippen LogP contribution in [-0.2, 0) is 0 Å².